The number of hydrogen-bond donors (Lipinski definition) is 3. The second kappa shape index (κ2) is 6.43. The van der Waals surface area contributed by atoms with Gasteiger partial charge in [0.25, 0.3) is 0 Å². The number of amides is 2. The average molecular weight is 298 g/mol. The molecule has 2 fully saturated rings. The first-order chi connectivity index (χ1) is 9.90. The van der Waals surface area contributed by atoms with E-state index in [1.807, 2.05) is 0 Å². The summed E-state index contributed by atoms with van der Waals surface area (Å²) >= 11 is 0. The van der Waals surface area contributed by atoms with Crippen LogP contribution in [0.25, 0.3) is 0 Å². The fourth-order valence-corrected chi connectivity index (χ4v) is 2.61. The monoisotopic (exact) mass is 298 g/mol. The van der Waals surface area contributed by atoms with Gasteiger partial charge in [-0.3, -0.25) is 9.59 Å². The molecular weight excluding hydrogens is 276 g/mol. The molecule has 0 aromatic carbocycles. The van der Waals surface area contributed by atoms with Crippen molar-refractivity contribution < 1.29 is 24.6 Å². The molecule has 0 bridgehead atoms. The summed E-state index contributed by atoms with van der Waals surface area (Å²) in [5, 5.41) is 20.7. The maximum atomic E-state index is 12.1. The number of nitrogens with zero attached hydrogens (tertiary/aromatic N) is 1. The maximum absolute atomic E-state index is 12.1. The minimum absolute atomic E-state index is 0.182. The quantitative estimate of drug-likeness (QED) is 0.639. The summed E-state index contributed by atoms with van der Waals surface area (Å²) in [6, 6.07) is -1.29. The summed E-state index contributed by atoms with van der Waals surface area (Å²) in [5.74, 6) is -1.54. The number of nitrogens with one attached hydrogen (secondary N) is 1. The fraction of sp³-hybridized carbons (Fsp3) is 0.786. The van der Waals surface area contributed by atoms with Gasteiger partial charge in [-0.1, -0.05) is 0 Å². The van der Waals surface area contributed by atoms with E-state index in [1.54, 1.807) is 4.90 Å². The van der Waals surface area contributed by atoms with E-state index in [-0.39, 0.29) is 23.7 Å². The van der Waals surface area contributed by atoms with Crippen LogP contribution in [0.2, 0.25) is 0 Å². The Labute approximate surface area is 123 Å². The molecule has 0 aromatic heterocycles. The number of hydrogen-bond acceptors (Lipinski definition) is 4. The lowest BCUT2D eigenvalue weighted by atomic mass is 9.95. The van der Waals surface area contributed by atoms with Crippen molar-refractivity contribution in [1.82, 2.24) is 10.2 Å². The van der Waals surface area contributed by atoms with Gasteiger partial charge in [0, 0.05) is 24.9 Å². The first-order valence-electron chi connectivity index (χ1n) is 7.40. The first-order valence-corrected chi connectivity index (χ1v) is 7.40. The highest BCUT2D eigenvalue weighted by molar-refractivity contribution is 5.86. The Balaban J connectivity index is 1.82. The molecule has 0 unspecified atom stereocenters. The van der Waals surface area contributed by atoms with E-state index in [4.69, 9.17) is 5.11 Å². The SMILES string of the molecule is C[C@@H](O)[C@H](NC(=O)C1CCN(C(=O)C2CC2)CC1)C(=O)O. The molecule has 1 aliphatic heterocycles. The minimum Gasteiger partial charge on any atom is -0.480 e. The highest BCUT2D eigenvalue weighted by atomic mass is 16.4. The van der Waals surface area contributed by atoms with Crippen LogP contribution in [0.4, 0.5) is 0 Å². The molecule has 3 N–H and O–H groups in total. The van der Waals surface area contributed by atoms with Crippen molar-refractivity contribution in [2.24, 2.45) is 11.8 Å². The molecule has 2 atom stereocenters. The number of aliphatic hydroxyl groups excluding tert-OH is 1. The van der Waals surface area contributed by atoms with Crippen molar-refractivity contribution >= 4 is 17.8 Å². The lowest BCUT2D eigenvalue weighted by Gasteiger charge is -2.32. The molecule has 2 amide bonds. The molecule has 1 saturated heterocycles. The molecule has 118 valence electrons. The second-order valence-corrected chi connectivity index (χ2v) is 5.94. The number of carbonyl (C=O) groups is 3. The van der Waals surface area contributed by atoms with Crippen LogP contribution in [-0.2, 0) is 14.4 Å². The molecule has 7 heteroatoms. The topological polar surface area (TPSA) is 107 Å². The van der Waals surface area contributed by atoms with E-state index in [0.717, 1.165) is 12.8 Å². The largest absolute Gasteiger partial charge is 0.480 e. The molecule has 0 radical (unpaired) electrons. The minimum atomic E-state index is -1.29. The van der Waals surface area contributed by atoms with Crippen molar-refractivity contribution in [3.63, 3.8) is 0 Å². The van der Waals surface area contributed by atoms with Crippen LogP contribution in [0, 0.1) is 11.8 Å². The van der Waals surface area contributed by atoms with Gasteiger partial charge in [-0.15, -0.1) is 0 Å². The molecule has 1 saturated carbocycles. The summed E-state index contributed by atoms with van der Waals surface area (Å²) in [4.78, 5) is 36.7. The third-order valence-corrected chi connectivity index (χ3v) is 4.15. The maximum Gasteiger partial charge on any atom is 0.328 e. The molecular formula is C14H22N2O5. The molecule has 2 aliphatic rings. The predicted molar refractivity (Wildman–Crippen MR) is 73.3 cm³/mol. The van der Waals surface area contributed by atoms with Crippen molar-refractivity contribution in [2.75, 3.05) is 13.1 Å². The summed E-state index contributed by atoms with van der Waals surface area (Å²) in [6.45, 7) is 2.41. The molecule has 7 nitrogen and oxygen atoms in total. The average Bonchev–Trinajstić information content (AvgIpc) is 3.27. The first kappa shape index (κ1) is 15.8. The zero-order chi connectivity index (χ0) is 15.6. The number of carbonyl (C=O) groups excluding carboxylic acids is 2. The van der Waals surface area contributed by atoms with Crippen LogP contribution in [0.1, 0.15) is 32.6 Å². The van der Waals surface area contributed by atoms with Gasteiger partial charge in [0.15, 0.2) is 6.04 Å². The Bertz CT molecular complexity index is 425. The summed E-state index contributed by atoms with van der Waals surface area (Å²) in [5.41, 5.74) is 0. The van der Waals surface area contributed by atoms with Crippen LogP contribution in [0.3, 0.4) is 0 Å². The van der Waals surface area contributed by atoms with E-state index in [2.05, 4.69) is 5.32 Å². The third kappa shape index (κ3) is 3.93. The highest BCUT2D eigenvalue weighted by Gasteiger charge is 2.36. The van der Waals surface area contributed by atoms with Gasteiger partial charge in [-0.05, 0) is 32.6 Å². The molecule has 0 spiro atoms. The van der Waals surface area contributed by atoms with Crippen molar-refractivity contribution in [3.8, 4) is 0 Å². The number of aliphatic carboxylic acids is 1. The fourth-order valence-electron chi connectivity index (χ4n) is 2.61. The number of carboxylic acids is 1. The van der Waals surface area contributed by atoms with Gasteiger partial charge in [-0.25, -0.2) is 4.79 Å². The van der Waals surface area contributed by atoms with E-state index >= 15 is 0 Å². The van der Waals surface area contributed by atoms with E-state index < -0.39 is 18.1 Å². The number of carboxylic acid groups (broad SMARTS) is 1. The molecule has 1 aliphatic carbocycles. The van der Waals surface area contributed by atoms with Crippen molar-refractivity contribution in [2.45, 2.75) is 44.8 Å². The predicted octanol–water partition coefficient (Wildman–Crippen LogP) is -0.415. The summed E-state index contributed by atoms with van der Waals surface area (Å²) in [6.07, 6.45) is 1.86. The zero-order valence-corrected chi connectivity index (χ0v) is 12.1. The number of piperidine rings is 1. The van der Waals surface area contributed by atoms with Crippen LogP contribution in [-0.4, -0.2) is 58.1 Å². The van der Waals surface area contributed by atoms with Gasteiger partial charge < -0.3 is 20.4 Å². The van der Waals surface area contributed by atoms with E-state index in [0.29, 0.717) is 25.9 Å². The standard InChI is InChI=1S/C14H22N2O5/c1-8(17)11(14(20)21)15-12(18)9-4-6-16(7-5-9)13(19)10-2-3-10/h8-11,17H,2-7H2,1H3,(H,15,18)(H,20,21)/t8-,11+/m1/s1. The van der Waals surface area contributed by atoms with Gasteiger partial charge in [-0.2, -0.15) is 0 Å². The van der Waals surface area contributed by atoms with Gasteiger partial charge in [0.05, 0.1) is 6.10 Å². The number of rotatable bonds is 5. The van der Waals surface area contributed by atoms with Crippen molar-refractivity contribution in [1.29, 1.82) is 0 Å². The lowest BCUT2D eigenvalue weighted by Crippen LogP contribution is -2.51. The van der Waals surface area contributed by atoms with Gasteiger partial charge in [0.1, 0.15) is 0 Å². The molecule has 0 aromatic rings. The van der Waals surface area contributed by atoms with Crippen LogP contribution < -0.4 is 5.32 Å². The van der Waals surface area contributed by atoms with Crippen LogP contribution >= 0.6 is 0 Å². The Morgan fingerprint density at radius 1 is 1.10 bits per heavy atom. The Morgan fingerprint density at radius 3 is 2.10 bits per heavy atom. The normalized spacial score (nSPS) is 22.5. The lowest BCUT2D eigenvalue weighted by molar-refractivity contribution is -0.146. The second-order valence-electron chi connectivity index (χ2n) is 5.94. The number of aliphatic hydroxyl groups is 1. The zero-order valence-electron chi connectivity index (χ0n) is 12.1. The molecule has 2 rings (SSSR count). The van der Waals surface area contributed by atoms with Crippen molar-refractivity contribution in [3.05, 3.63) is 0 Å². The summed E-state index contributed by atoms with van der Waals surface area (Å²) < 4.78 is 0. The van der Waals surface area contributed by atoms with Crippen LogP contribution in [0.5, 0.6) is 0 Å². The highest BCUT2D eigenvalue weighted by Crippen LogP contribution is 2.32. The molecule has 1 heterocycles. The number of likely N-dealkylation sites (tertiary alicyclic amines) is 1. The Hall–Kier alpha value is -1.63. The molecule has 21 heavy (non-hydrogen) atoms. The van der Waals surface area contributed by atoms with Gasteiger partial charge >= 0.3 is 5.97 Å². The van der Waals surface area contributed by atoms with Gasteiger partial charge in [0.2, 0.25) is 11.8 Å². The van der Waals surface area contributed by atoms with Crippen LogP contribution in [0.15, 0.2) is 0 Å². The summed E-state index contributed by atoms with van der Waals surface area (Å²) in [7, 11) is 0. The van der Waals surface area contributed by atoms with E-state index in [1.165, 1.54) is 6.92 Å². The third-order valence-electron chi connectivity index (χ3n) is 4.15. The smallest absolute Gasteiger partial charge is 0.328 e. The van der Waals surface area contributed by atoms with E-state index in [9.17, 15) is 19.5 Å². The Kier molecular flexibility index (Phi) is 4.82. The Morgan fingerprint density at radius 2 is 1.67 bits per heavy atom.